The molecule has 1 saturated carbocycles. The molecule has 0 aromatic heterocycles. The van der Waals surface area contributed by atoms with Crippen LogP contribution >= 0.6 is 0 Å². The zero-order chi connectivity index (χ0) is 26.9. The average Bonchev–Trinajstić information content (AvgIpc) is 2.89. The van der Waals surface area contributed by atoms with Gasteiger partial charge in [0.05, 0.1) is 6.61 Å². The van der Waals surface area contributed by atoms with Crippen molar-refractivity contribution in [2.45, 2.75) is 77.7 Å². The molecule has 1 fully saturated rings. The number of aliphatic carboxylic acids is 1. The van der Waals surface area contributed by atoms with Crippen molar-refractivity contribution < 1.29 is 32.7 Å². The Bertz CT molecular complexity index is 805. The highest BCUT2D eigenvalue weighted by Gasteiger charge is 2.39. The van der Waals surface area contributed by atoms with Crippen LogP contribution in [0.4, 0.5) is 4.79 Å². The predicted molar refractivity (Wildman–Crippen MR) is 146 cm³/mol. The number of nitrogens with one attached hydrogen (secondary N) is 1. The highest BCUT2D eigenvalue weighted by Crippen LogP contribution is 2.37. The van der Waals surface area contributed by atoms with Gasteiger partial charge in [-0.1, -0.05) is 24.3 Å². The first-order valence-electron chi connectivity index (χ1n) is 13.7. The minimum atomic E-state index is -2.67. The number of ether oxygens (including phenoxy) is 1. The molecule has 1 aromatic rings. The Kier molecular flexibility index (Phi) is 14.5. The summed E-state index contributed by atoms with van der Waals surface area (Å²) in [5.74, 6) is 0.301. The lowest BCUT2D eigenvalue weighted by molar-refractivity contribution is -0.131. The average molecular weight is 536 g/mol. The summed E-state index contributed by atoms with van der Waals surface area (Å²) >= 11 is 0. The number of alkyl carbamates (subject to hydrolysis) is 1. The van der Waals surface area contributed by atoms with Crippen LogP contribution in [0.25, 0.3) is 6.08 Å². The van der Waals surface area contributed by atoms with Crippen LogP contribution in [-0.4, -0.2) is 58.9 Å². The number of carboxylic acids is 1. The van der Waals surface area contributed by atoms with Crippen LogP contribution in [0.5, 0.6) is 0 Å². The lowest BCUT2D eigenvalue weighted by Gasteiger charge is -2.29. The number of hydrogen-bond acceptors (Lipinski definition) is 6. The summed E-state index contributed by atoms with van der Waals surface area (Å²) < 4.78 is 22.9. The molecule has 0 unspecified atom stereocenters. The summed E-state index contributed by atoms with van der Waals surface area (Å²) in [5, 5.41) is 11.6. The first-order chi connectivity index (χ1) is 17.9. The minimum Gasteiger partial charge on any atom is -0.478 e. The standard InChI is InChI=1S/C28H45NO7Si/c1-4-34-37(35-5-2,36-6-3)22-8-20-29-28(32)33-21-7-9-23-10-15-25(16-11-23)26-17-12-24(13-18-26)14-19-27(30)31/h12-14,17-19,23,25H,4-11,15-16,20-22H2,1-3H3,(H,29,32)(H,30,31)/b19-14+/t23-,25-. The Hall–Kier alpha value is -2.20. The molecule has 0 aliphatic heterocycles. The molecular weight excluding hydrogens is 490 g/mol. The number of carboxylic acid groups (broad SMARTS) is 1. The predicted octanol–water partition coefficient (Wildman–Crippen LogP) is 6.00. The van der Waals surface area contributed by atoms with Crippen LogP contribution in [0.1, 0.15) is 82.8 Å². The van der Waals surface area contributed by atoms with Crippen molar-refractivity contribution in [2.24, 2.45) is 5.92 Å². The maximum Gasteiger partial charge on any atom is 0.500 e. The molecule has 0 radical (unpaired) electrons. The molecule has 0 bridgehead atoms. The fraction of sp³-hybridized carbons (Fsp3) is 0.643. The summed E-state index contributed by atoms with van der Waals surface area (Å²) in [7, 11) is -2.67. The van der Waals surface area contributed by atoms with Gasteiger partial charge in [-0.15, -0.1) is 0 Å². The van der Waals surface area contributed by atoms with Gasteiger partial charge in [-0.2, -0.15) is 0 Å². The Morgan fingerprint density at radius 3 is 2.16 bits per heavy atom. The summed E-state index contributed by atoms with van der Waals surface area (Å²) in [6.07, 6.45) is 9.75. The van der Waals surface area contributed by atoms with E-state index in [1.165, 1.54) is 18.4 Å². The largest absolute Gasteiger partial charge is 0.500 e. The van der Waals surface area contributed by atoms with Gasteiger partial charge in [0.1, 0.15) is 0 Å². The van der Waals surface area contributed by atoms with E-state index < -0.39 is 14.8 Å². The van der Waals surface area contributed by atoms with Gasteiger partial charge in [0.25, 0.3) is 0 Å². The van der Waals surface area contributed by atoms with Crippen LogP contribution in [0.2, 0.25) is 6.04 Å². The van der Waals surface area contributed by atoms with Gasteiger partial charge in [-0.25, -0.2) is 9.59 Å². The Balaban J connectivity index is 1.58. The summed E-state index contributed by atoms with van der Waals surface area (Å²) in [4.78, 5) is 22.7. The second-order valence-electron chi connectivity index (χ2n) is 9.35. The fourth-order valence-electron chi connectivity index (χ4n) is 4.92. The highest BCUT2D eigenvalue weighted by atomic mass is 28.4. The van der Waals surface area contributed by atoms with E-state index in [9.17, 15) is 9.59 Å². The summed E-state index contributed by atoms with van der Waals surface area (Å²) in [6.45, 7) is 8.38. The molecule has 0 saturated heterocycles. The van der Waals surface area contributed by atoms with Crippen molar-refractivity contribution in [2.75, 3.05) is 33.0 Å². The van der Waals surface area contributed by atoms with E-state index in [1.54, 1.807) is 6.08 Å². The second kappa shape index (κ2) is 17.3. The van der Waals surface area contributed by atoms with Crippen LogP contribution < -0.4 is 5.32 Å². The molecular formula is C28H45NO7Si. The van der Waals surface area contributed by atoms with Gasteiger partial charge in [-0.3, -0.25) is 0 Å². The molecule has 0 atom stereocenters. The molecule has 0 spiro atoms. The first-order valence-corrected chi connectivity index (χ1v) is 15.7. The maximum absolute atomic E-state index is 12.0. The van der Waals surface area contributed by atoms with Crippen molar-refractivity contribution in [3.8, 4) is 0 Å². The number of carbonyl (C=O) groups excluding carboxylic acids is 1. The van der Waals surface area contributed by atoms with Gasteiger partial charge in [0.2, 0.25) is 0 Å². The van der Waals surface area contributed by atoms with Crippen molar-refractivity contribution in [3.63, 3.8) is 0 Å². The molecule has 8 nitrogen and oxygen atoms in total. The maximum atomic E-state index is 12.0. The van der Waals surface area contributed by atoms with Crippen molar-refractivity contribution in [3.05, 3.63) is 41.5 Å². The lowest BCUT2D eigenvalue weighted by Crippen LogP contribution is -2.46. The molecule has 37 heavy (non-hydrogen) atoms. The number of benzene rings is 1. The van der Waals surface area contributed by atoms with Crippen molar-refractivity contribution in [1.29, 1.82) is 0 Å². The molecule has 0 heterocycles. The Labute approximate surface area is 223 Å². The monoisotopic (exact) mass is 535 g/mol. The lowest BCUT2D eigenvalue weighted by atomic mass is 9.77. The third-order valence-electron chi connectivity index (χ3n) is 6.68. The van der Waals surface area contributed by atoms with Gasteiger partial charge in [0.15, 0.2) is 0 Å². The van der Waals surface area contributed by atoms with Crippen LogP contribution in [0.15, 0.2) is 30.3 Å². The minimum absolute atomic E-state index is 0.373. The molecule has 9 heteroatoms. The third kappa shape index (κ3) is 11.8. The van der Waals surface area contributed by atoms with Gasteiger partial charge in [-0.05, 0) is 94.8 Å². The number of carbonyl (C=O) groups is 2. The molecule has 2 rings (SSSR count). The quantitative estimate of drug-likeness (QED) is 0.143. The van der Waals surface area contributed by atoms with Gasteiger partial charge in [0, 0.05) is 38.5 Å². The fourth-order valence-corrected chi connectivity index (χ4v) is 7.53. The molecule has 1 amide bonds. The summed E-state index contributed by atoms with van der Waals surface area (Å²) in [6, 6.07) is 8.87. The molecule has 2 N–H and O–H groups in total. The molecule has 1 aromatic carbocycles. The number of rotatable bonds is 17. The van der Waals surface area contributed by atoms with E-state index in [0.717, 1.165) is 37.3 Å². The topological polar surface area (TPSA) is 103 Å². The highest BCUT2D eigenvalue weighted by molar-refractivity contribution is 6.60. The number of hydrogen-bond donors (Lipinski definition) is 2. The molecule has 208 valence electrons. The number of amides is 1. The van der Waals surface area contributed by atoms with Gasteiger partial charge < -0.3 is 28.4 Å². The smallest absolute Gasteiger partial charge is 0.478 e. The Morgan fingerprint density at radius 2 is 1.59 bits per heavy atom. The van der Waals surface area contributed by atoms with Crippen molar-refractivity contribution in [1.82, 2.24) is 5.32 Å². The van der Waals surface area contributed by atoms with Crippen LogP contribution in [0, 0.1) is 5.92 Å². The van der Waals surface area contributed by atoms with Crippen LogP contribution in [0.3, 0.4) is 0 Å². The van der Waals surface area contributed by atoms with E-state index in [2.05, 4.69) is 17.4 Å². The van der Waals surface area contributed by atoms with E-state index >= 15 is 0 Å². The second-order valence-corrected chi connectivity index (χ2v) is 12.1. The zero-order valence-corrected chi connectivity index (χ0v) is 23.7. The molecule has 1 aliphatic carbocycles. The van der Waals surface area contributed by atoms with E-state index in [1.807, 2.05) is 32.9 Å². The van der Waals surface area contributed by atoms with Gasteiger partial charge >= 0.3 is 20.9 Å². The van der Waals surface area contributed by atoms with E-state index in [4.69, 9.17) is 23.1 Å². The van der Waals surface area contributed by atoms with E-state index in [0.29, 0.717) is 57.3 Å². The van der Waals surface area contributed by atoms with Crippen LogP contribution in [-0.2, 0) is 22.8 Å². The third-order valence-corrected chi connectivity index (χ3v) is 9.84. The normalized spacial score (nSPS) is 18.1. The Morgan fingerprint density at radius 1 is 0.973 bits per heavy atom. The SMILES string of the molecule is CCO[Si](CCCNC(=O)OCCC[C@H]1CC[C@H](c2ccc(/C=C/C(=O)O)cc2)CC1)(OCC)OCC. The first kappa shape index (κ1) is 31.0. The van der Waals surface area contributed by atoms with E-state index in [-0.39, 0.29) is 6.09 Å². The zero-order valence-electron chi connectivity index (χ0n) is 22.7. The summed E-state index contributed by atoms with van der Waals surface area (Å²) in [5.41, 5.74) is 2.23. The van der Waals surface area contributed by atoms with Crippen molar-refractivity contribution >= 4 is 26.9 Å². The molecule has 1 aliphatic rings.